The Bertz CT molecular complexity index is 172. The molecule has 6 heteroatoms. The van der Waals surface area contributed by atoms with E-state index in [1.54, 1.807) is 6.92 Å². The highest BCUT2D eigenvalue weighted by Gasteiger charge is 2.00. The van der Waals surface area contributed by atoms with Crippen LogP contribution in [0.1, 0.15) is 6.92 Å². The van der Waals surface area contributed by atoms with Crippen LogP contribution in [0.5, 0.6) is 0 Å². The van der Waals surface area contributed by atoms with Crippen LogP contribution in [-0.2, 0) is 9.47 Å². The van der Waals surface area contributed by atoms with Gasteiger partial charge in [0.25, 0.3) is 0 Å². The van der Waals surface area contributed by atoms with Gasteiger partial charge in [0, 0.05) is 6.54 Å². The fourth-order valence-corrected chi connectivity index (χ4v) is 0.514. The molecule has 2 amide bonds. The molecule has 0 aliphatic rings. The average Bonchev–Trinajstić information content (AvgIpc) is 2.12. The zero-order valence-corrected chi connectivity index (χ0v) is 7.62. The van der Waals surface area contributed by atoms with Crippen molar-refractivity contribution in [1.82, 2.24) is 10.6 Å². The SMILES string of the molecule is CCOC(=O)N[CH]CNC(=O)OC. The van der Waals surface area contributed by atoms with E-state index >= 15 is 0 Å². The predicted octanol–water partition coefficient (Wildman–Crippen LogP) is 0.250. The van der Waals surface area contributed by atoms with Gasteiger partial charge in [-0.1, -0.05) is 0 Å². The molecule has 0 atom stereocenters. The summed E-state index contributed by atoms with van der Waals surface area (Å²) in [6.07, 6.45) is -1.10. The van der Waals surface area contributed by atoms with Crippen LogP contribution in [0.4, 0.5) is 9.59 Å². The minimum atomic E-state index is -0.554. The van der Waals surface area contributed by atoms with Gasteiger partial charge in [0.15, 0.2) is 0 Å². The van der Waals surface area contributed by atoms with Gasteiger partial charge >= 0.3 is 12.2 Å². The molecule has 0 heterocycles. The van der Waals surface area contributed by atoms with Crippen molar-refractivity contribution in [1.29, 1.82) is 0 Å². The molecule has 0 spiro atoms. The summed E-state index contributed by atoms with van der Waals surface area (Å²) < 4.78 is 8.84. The molecular weight excluding hydrogens is 176 g/mol. The molecule has 0 unspecified atom stereocenters. The number of hydrogen-bond acceptors (Lipinski definition) is 4. The van der Waals surface area contributed by atoms with Crippen molar-refractivity contribution in [2.45, 2.75) is 6.92 Å². The molecule has 2 N–H and O–H groups in total. The molecule has 0 aromatic rings. The highest BCUT2D eigenvalue weighted by molar-refractivity contribution is 5.69. The van der Waals surface area contributed by atoms with E-state index in [0.29, 0.717) is 6.61 Å². The van der Waals surface area contributed by atoms with Gasteiger partial charge in [0.1, 0.15) is 0 Å². The third-order valence-electron chi connectivity index (χ3n) is 1.03. The Morgan fingerprint density at radius 1 is 1.38 bits per heavy atom. The normalized spacial score (nSPS) is 8.77. The van der Waals surface area contributed by atoms with E-state index in [9.17, 15) is 9.59 Å². The molecule has 0 aliphatic carbocycles. The number of ether oxygens (including phenoxy) is 2. The lowest BCUT2D eigenvalue weighted by Crippen LogP contribution is -2.31. The van der Waals surface area contributed by atoms with Crippen molar-refractivity contribution in [2.24, 2.45) is 0 Å². The molecule has 0 bridgehead atoms. The lowest BCUT2D eigenvalue weighted by Gasteiger charge is -2.04. The quantitative estimate of drug-likeness (QED) is 0.621. The Balaban J connectivity index is 3.25. The Hall–Kier alpha value is -1.46. The number of rotatable bonds is 4. The van der Waals surface area contributed by atoms with Crippen LogP contribution in [0.15, 0.2) is 0 Å². The van der Waals surface area contributed by atoms with Crippen LogP contribution < -0.4 is 10.6 Å². The molecule has 13 heavy (non-hydrogen) atoms. The summed E-state index contributed by atoms with van der Waals surface area (Å²) in [6.45, 7) is 3.55. The average molecular weight is 189 g/mol. The first kappa shape index (κ1) is 11.5. The maximum Gasteiger partial charge on any atom is 0.407 e. The molecule has 0 aromatic carbocycles. The van der Waals surface area contributed by atoms with Crippen molar-refractivity contribution in [3.63, 3.8) is 0 Å². The van der Waals surface area contributed by atoms with Crippen LogP contribution in [-0.4, -0.2) is 32.4 Å². The smallest absolute Gasteiger partial charge is 0.407 e. The zero-order valence-electron chi connectivity index (χ0n) is 7.62. The van der Waals surface area contributed by atoms with Crippen LogP contribution >= 0.6 is 0 Å². The fraction of sp³-hybridized carbons (Fsp3) is 0.571. The van der Waals surface area contributed by atoms with Crippen molar-refractivity contribution in [3.8, 4) is 0 Å². The standard InChI is InChI=1S/C7H13N2O4/c1-3-13-7(11)9-5-4-8-6(10)12-2/h5H,3-4H2,1-2H3,(H,8,10)(H,9,11). The van der Waals surface area contributed by atoms with E-state index in [1.165, 1.54) is 13.7 Å². The molecule has 75 valence electrons. The van der Waals surface area contributed by atoms with E-state index in [0.717, 1.165) is 0 Å². The lowest BCUT2D eigenvalue weighted by atomic mass is 10.6. The maximum absolute atomic E-state index is 10.6. The molecule has 0 saturated carbocycles. The number of alkyl carbamates (subject to hydrolysis) is 2. The summed E-state index contributed by atoms with van der Waals surface area (Å²) in [5.41, 5.74) is 0. The van der Waals surface area contributed by atoms with Crippen LogP contribution in [0.3, 0.4) is 0 Å². The summed E-state index contributed by atoms with van der Waals surface area (Å²) in [6, 6.07) is 0. The second kappa shape index (κ2) is 7.20. The summed E-state index contributed by atoms with van der Waals surface area (Å²) in [5, 5.41) is 4.65. The molecule has 0 saturated heterocycles. The first-order chi connectivity index (χ1) is 6.20. The third-order valence-corrected chi connectivity index (χ3v) is 1.03. The fourth-order valence-electron chi connectivity index (χ4n) is 0.514. The summed E-state index contributed by atoms with van der Waals surface area (Å²) in [5.74, 6) is 0. The Labute approximate surface area is 76.6 Å². The van der Waals surface area contributed by atoms with Crippen molar-refractivity contribution in [3.05, 3.63) is 6.54 Å². The number of carbonyl (C=O) groups excluding carboxylic acids is 2. The topological polar surface area (TPSA) is 76.7 Å². The number of methoxy groups -OCH3 is 1. The number of nitrogens with one attached hydrogen (secondary N) is 2. The maximum atomic E-state index is 10.6. The minimum absolute atomic E-state index is 0.186. The zero-order chi connectivity index (χ0) is 10.1. The van der Waals surface area contributed by atoms with E-state index in [4.69, 9.17) is 0 Å². The predicted molar refractivity (Wildman–Crippen MR) is 44.9 cm³/mol. The van der Waals surface area contributed by atoms with Crippen molar-refractivity contribution in [2.75, 3.05) is 20.3 Å². The van der Waals surface area contributed by atoms with Gasteiger partial charge in [0.05, 0.1) is 20.3 Å². The molecule has 0 aromatic heterocycles. The molecule has 6 nitrogen and oxygen atoms in total. The van der Waals surface area contributed by atoms with Gasteiger partial charge in [-0.3, -0.25) is 0 Å². The van der Waals surface area contributed by atoms with E-state index in [1.807, 2.05) is 0 Å². The van der Waals surface area contributed by atoms with E-state index in [-0.39, 0.29) is 6.54 Å². The second-order valence-corrected chi connectivity index (χ2v) is 1.94. The van der Waals surface area contributed by atoms with Gasteiger partial charge in [-0.2, -0.15) is 0 Å². The van der Waals surface area contributed by atoms with Crippen LogP contribution in [0.2, 0.25) is 0 Å². The van der Waals surface area contributed by atoms with Crippen LogP contribution in [0, 0.1) is 6.54 Å². The number of amides is 2. The van der Waals surface area contributed by atoms with Crippen molar-refractivity contribution < 1.29 is 19.1 Å². The second-order valence-electron chi connectivity index (χ2n) is 1.94. The largest absolute Gasteiger partial charge is 0.453 e. The van der Waals surface area contributed by atoms with Gasteiger partial charge < -0.3 is 20.1 Å². The lowest BCUT2D eigenvalue weighted by molar-refractivity contribution is 0.153. The highest BCUT2D eigenvalue weighted by atomic mass is 16.5. The summed E-state index contributed by atoms with van der Waals surface area (Å²) >= 11 is 0. The van der Waals surface area contributed by atoms with E-state index in [2.05, 4.69) is 20.1 Å². The molecule has 0 aliphatic heterocycles. The molecular formula is C7H13N2O4. The molecule has 0 rings (SSSR count). The Morgan fingerprint density at radius 2 is 2.08 bits per heavy atom. The summed E-state index contributed by atoms with van der Waals surface area (Å²) in [7, 11) is 1.26. The van der Waals surface area contributed by atoms with E-state index < -0.39 is 12.2 Å². The first-order valence-electron chi connectivity index (χ1n) is 3.77. The first-order valence-corrected chi connectivity index (χ1v) is 3.77. The number of hydrogen-bond donors (Lipinski definition) is 2. The van der Waals surface area contributed by atoms with Gasteiger partial charge in [0.2, 0.25) is 0 Å². The van der Waals surface area contributed by atoms with Gasteiger partial charge in [-0.05, 0) is 6.92 Å². The van der Waals surface area contributed by atoms with Crippen molar-refractivity contribution >= 4 is 12.2 Å². The minimum Gasteiger partial charge on any atom is -0.453 e. The van der Waals surface area contributed by atoms with Gasteiger partial charge in [-0.25, -0.2) is 9.59 Å². The highest BCUT2D eigenvalue weighted by Crippen LogP contribution is 1.78. The number of carbonyl (C=O) groups is 2. The Morgan fingerprint density at radius 3 is 2.62 bits per heavy atom. The molecule has 1 radical (unpaired) electrons. The van der Waals surface area contributed by atoms with Gasteiger partial charge in [-0.15, -0.1) is 0 Å². The Kier molecular flexibility index (Phi) is 6.39. The molecule has 0 fully saturated rings. The third kappa shape index (κ3) is 6.92. The van der Waals surface area contributed by atoms with Crippen LogP contribution in [0.25, 0.3) is 0 Å². The summed E-state index contributed by atoms with van der Waals surface area (Å²) in [4.78, 5) is 21.1. The monoisotopic (exact) mass is 189 g/mol.